The summed E-state index contributed by atoms with van der Waals surface area (Å²) in [5, 5.41) is 19.4. The molecule has 7 heteroatoms. The summed E-state index contributed by atoms with van der Waals surface area (Å²) in [6.45, 7) is 2.13. The molecule has 1 unspecified atom stereocenters. The molecule has 0 aliphatic rings. The Morgan fingerprint density at radius 1 is 1.63 bits per heavy atom. The predicted octanol–water partition coefficient (Wildman–Crippen LogP) is 2.91. The zero-order valence-corrected chi connectivity index (χ0v) is 12.2. The molecule has 0 bridgehead atoms. The molecule has 0 fully saturated rings. The topological polar surface area (TPSA) is 68.0 Å². The van der Waals surface area contributed by atoms with E-state index in [1.807, 2.05) is 16.0 Å². The second-order valence-electron chi connectivity index (χ2n) is 4.02. The summed E-state index contributed by atoms with van der Waals surface area (Å²) in [7, 11) is 0. The van der Waals surface area contributed by atoms with Crippen LogP contribution in [-0.2, 0) is 4.79 Å². The van der Waals surface area contributed by atoms with Gasteiger partial charge in [0.25, 0.3) is 0 Å². The SMILES string of the molecule is CCCC(c1cccs1)n1cnnc1SCC(=O)O. The van der Waals surface area contributed by atoms with Crippen molar-refractivity contribution < 1.29 is 9.90 Å². The first kappa shape index (κ1) is 14.1. The van der Waals surface area contributed by atoms with Crippen LogP contribution in [0.25, 0.3) is 0 Å². The maximum atomic E-state index is 10.7. The summed E-state index contributed by atoms with van der Waals surface area (Å²) in [4.78, 5) is 11.9. The van der Waals surface area contributed by atoms with Gasteiger partial charge in [-0.3, -0.25) is 4.79 Å². The van der Waals surface area contributed by atoms with Crippen LogP contribution in [0.5, 0.6) is 0 Å². The van der Waals surface area contributed by atoms with Gasteiger partial charge in [0.05, 0.1) is 11.8 Å². The van der Waals surface area contributed by atoms with Gasteiger partial charge in [-0.1, -0.05) is 31.2 Å². The predicted molar refractivity (Wildman–Crippen MR) is 75.7 cm³/mol. The summed E-state index contributed by atoms with van der Waals surface area (Å²) >= 11 is 2.91. The van der Waals surface area contributed by atoms with Crippen molar-refractivity contribution in [1.29, 1.82) is 0 Å². The van der Waals surface area contributed by atoms with E-state index in [0.717, 1.165) is 12.8 Å². The summed E-state index contributed by atoms with van der Waals surface area (Å²) in [6, 6.07) is 4.31. The monoisotopic (exact) mass is 297 g/mol. The molecule has 0 saturated heterocycles. The molecule has 5 nitrogen and oxygen atoms in total. The highest BCUT2D eigenvalue weighted by molar-refractivity contribution is 7.99. The summed E-state index contributed by atoms with van der Waals surface area (Å²) in [5.74, 6) is -0.843. The molecule has 2 aromatic rings. The molecule has 19 heavy (non-hydrogen) atoms. The van der Waals surface area contributed by atoms with E-state index in [1.54, 1.807) is 17.7 Å². The number of carboxylic acid groups (broad SMARTS) is 1. The van der Waals surface area contributed by atoms with Crippen molar-refractivity contribution in [2.45, 2.75) is 31.0 Å². The van der Waals surface area contributed by atoms with Crippen molar-refractivity contribution in [3.8, 4) is 0 Å². The number of hydrogen-bond donors (Lipinski definition) is 1. The Hall–Kier alpha value is -1.34. The minimum atomic E-state index is -0.845. The summed E-state index contributed by atoms with van der Waals surface area (Å²) in [6.07, 6.45) is 3.72. The molecule has 0 aromatic carbocycles. The van der Waals surface area contributed by atoms with Crippen LogP contribution in [0, 0.1) is 0 Å². The number of carbonyl (C=O) groups is 1. The van der Waals surface area contributed by atoms with Gasteiger partial charge < -0.3 is 9.67 Å². The van der Waals surface area contributed by atoms with E-state index in [2.05, 4.69) is 23.2 Å². The van der Waals surface area contributed by atoms with Crippen molar-refractivity contribution in [2.75, 3.05) is 5.75 Å². The second-order valence-corrected chi connectivity index (χ2v) is 5.94. The average molecular weight is 297 g/mol. The maximum absolute atomic E-state index is 10.7. The van der Waals surface area contributed by atoms with Crippen molar-refractivity contribution in [2.24, 2.45) is 0 Å². The van der Waals surface area contributed by atoms with Crippen LogP contribution in [0.15, 0.2) is 29.0 Å². The molecule has 1 N–H and O–H groups in total. The zero-order chi connectivity index (χ0) is 13.7. The van der Waals surface area contributed by atoms with Gasteiger partial charge in [0.15, 0.2) is 5.16 Å². The van der Waals surface area contributed by atoms with E-state index in [1.165, 1.54) is 16.6 Å². The lowest BCUT2D eigenvalue weighted by Gasteiger charge is -2.17. The number of aromatic nitrogens is 3. The van der Waals surface area contributed by atoms with Crippen LogP contribution in [0.2, 0.25) is 0 Å². The van der Waals surface area contributed by atoms with Gasteiger partial charge in [-0.15, -0.1) is 21.5 Å². The largest absolute Gasteiger partial charge is 0.481 e. The summed E-state index contributed by atoms with van der Waals surface area (Å²) in [5.41, 5.74) is 0. The van der Waals surface area contributed by atoms with Crippen molar-refractivity contribution in [3.05, 3.63) is 28.7 Å². The standard InChI is InChI=1S/C12H15N3O2S2/c1-2-4-9(10-5-3-6-18-10)15-8-13-14-12(15)19-7-11(16)17/h3,5-6,8-9H,2,4,7H2,1H3,(H,16,17). The Morgan fingerprint density at radius 3 is 3.11 bits per heavy atom. The van der Waals surface area contributed by atoms with Crippen molar-refractivity contribution >= 4 is 29.1 Å². The van der Waals surface area contributed by atoms with Crippen LogP contribution in [-0.4, -0.2) is 31.6 Å². The minimum Gasteiger partial charge on any atom is -0.481 e. The van der Waals surface area contributed by atoms with Gasteiger partial charge >= 0.3 is 5.97 Å². The lowest BCUT2D eigenvalue weighted by molar-refractivity contribution is -0.133. The Bertz CT molecular complexity index is 525. The zero-order valence-electron chi connectivity index (χ0n) is 10.5. The van der Waals surface area contributed by atoms with Gasteiger partial charge in [0, 0.05) is 4.88 Å². The first-order chi connectivity index (χ1) is 9.22. The van der Waals surface area contributed by atoms with Crippen LogP contribution >= 0.6 is 23.1 Å². The molecule has 0 saturated carbocycles. The fraction of sp³-hybridized carbons (Fsp3) is 0.417. The number of aliphatic carboxylic acids is 1. The van der Waals surface area contributed by atoms with Gasteiger partial charge in [-0.25, -0.2) is 0 Å². The summed E-state index contributed by atoms with van der Waals surface area (Å²) < 4.78 is 1.98. The molecule has 0 radical (unpaired) electrons. The van der Waals surface area contributed by atoms with E-state index < -0.39 is 5.97 Å². The van der Waals surface area contributed by atoms with Gasteiger partial charge in [-0.05, 0) is 17.9 Å². The molecule has 1 atom stereocenters. The van der Waals surface area contributed by atoms with E-state index in [0.29, 0.717) is 5.16 Å². The fourth-order valence-electron chi connectivity index (χ4n) is 1.85. The minimum absolute atomic E-state index is 0.00196. The van der Waals surface area contributed by atoms with Crippen LogP contribution in [0.3, 0.4) is 0 Å². The molecule has 2 rings (SSSR count). The van der Waals surface area contributed by atoms with Gasteiger partial charge in [0.1, 0.15) is 6.33 Å². The quantitative estimate of drug-likeness (QED) is 0.796. The van der Waals surface area contributed by atoms with Crippen LogP contribution < -0.4 is 0 Å². The third-order valence-electron chi connectivity index (χ3n) is 2.63. The molecular weight excluding hydrogens is 282 g/mol. The van der Waals surface area contributed by atoms with Crippen molar-refractivity contribution in [1.82, 2.24) is 14.8 Å². The third kappa shape index (κ3) is 3.57. The first-order valence-electron chi connectivity index (χ1n) is 6.00. The highest BCUT2D eigenvalue weighted by Crippen LogP contribution is 2.30. The Kier molecular flexibility index (Phi) is 4.98. The second kappa shape index (κ2) is 6.72. The first-order valence-corrected chi connectivity index (χ1v) is 7.86. The molecule has 2 aromatic heterocycles. The van der Waals surface area contributed by atoms with E-state index in [9.17, 15) is 4.79 Å². The number of nitrogens with zero attached hydrogens (tertiary/aromatic N) is 3. The maximum Gasteiger partial charge on any atom is 0.313 e. The number of hydrogen-bond acceptors (Lipinski definition) is 5. The number of thiophene rings is 1. The van der Waals surface area contributed by atoms with Gasteiger partial charge in [-0.2, -0.15) is 0 Å². The lowest BCUT2D eigenvalue weighted by atomic mass is 10.1. The Morgan fingerprint density at radius 2 is 2.47 bits per heavy atom. The van der Waals surface area contributed by atoms with Crippen molar-refractivity contribution in [3.63, 3.8) is 0 Å². The molecule has 0 aliphatic heterocycles. The Balaban J connectivity index is 2.22. The molecule has 0 amide bonds. The smallest absolute Gasteiger partial charge is 0.313 e. The van der Waals surface area contributed by atoms with E-state index >= 15 is 0 Å². The van der Waals surface area contributed by atoms with Crippen LogP contribution in [0.4, 0.5) is 0 Å². The normalized spacial score (nSPS) is 12.5. The third-order valence-corrected chi connectivity index (χ3v) is 4.55. The average Bonchev–Trinajstić information content (AvgIpc) is 3.04. The fourth-order valence-corrected chi connectivity index (χ4v) is 3.39. The van der Waals surface area contributed by atoms with Gasteiger partial charge in [0.2, 0.25) is 0 Å². The molecule has 0 spiro atoms. The lowest BCUT2D eigenvalue weighted by Crippen LogP contribution is -2.10. The highest BCUT2D eigenvalue weighted by atomic mass is 32.2. The highest BCUT2D eigenvalue weighted by Gasteiger charge is 2.18. The van der Waals surface area contributed by atoms with Crippen LogP contribution in [0.1, 0.15) is 30.7 Å². The molecular formula is C12H15N3O2S2. The Labute approximate surface area is 119 Å². The number of rotatable bonds is 7. The number of thioether (sulfide) groups is 1. The molecule has 102 valence electrons. The molecule has 2 heterocycles. The number of carboxylic acids is 1. The molecule has 0 aliphatic carbocycles. The van der Waals surface area contributed by atoms with E-state index in [4.69, 9.17) is 5.11 Å². The van der Waals surface area contributed by atoms with E-state index in [-0.39, 0.29) is 11.8 Å².